The number of aromatic nitrogens is 3. The molecule has 106 valence electrons. The third-order valence-corrected chi connectivity index (χ3v) is 2.95. The van der Waals surface area contributed by atoms with Gasteiger partial charge in [0.05, 0.1) is 12.6 Å². The highest BCUT2D eigenvalue weighted by Crippen LogP contribution is 2.16. The first-order valence-corrected chi connectivity index (χ1v) is 6.26. The third-order valence-electron chi connectivity index (χ3n) is 2.70. The normalized spacial score (nSPS) is 11.9. The fourth-order valence-electron chi connectivity index (χ4n) is 1.63. The van der Waals surface area contributed by atoms with Gasteiger partial charge in [0.2, 0.25) is 5.95 Å². The Morgan fingerprint density at radius 3 is 2.70 bits per heavy atom. The number of aryl methyl sites for hydroxylation is 1. The van der Waals surface area contributed by atoms with Gasteiger partial charge >= 0.3 is 6.03 Å². The number of rotatable bonds is 4. The van der Waals surface area contributed by atoms with Crippen molar-refractivity contribution in [2.75, 3.05) is 11.9 Å². The molecule has 7 nitrogen and oxygen atoms in total. The van der Waals surface area contributed by atoms with Gasteiger partial charge in [0.25, 0.3) is 0 Å². The van der Waals surface area contributed by atoms with Crippen molar-refractivity contribution in [2.24, 2.45) is 7.05 Å². The molecule has 0 aliphatic carbocycles. The first-order chi connectivity index (χ1) is 9.60. The van der Waals surface area contributed by atoms with Crippen molar-refractivity contribution in [3.63, 3.8) is 0 Å². The Labute approximate surface area is 120 Å². The highest BCUT2D eigenvalue weighted by atomic mass is 35.5. The van der Waals surface area contributed by atoms with Crippen molar-refractivity contribution in [1.82, 2.24) is 20.1 Å². The molecule has 1 aromatic carbocycles. The van der Waals surface area contributed by atoms with E-state index < -0.39 is 12.1 Å². The third kappa shape index (κ3) is 3.46. The van der Waals surface area contributed by atoms with E-state index in [1.54, 1.807) is 31.3 Å². The Morgan fingerprint density at radius 2 is 2.15 bits per heavy atom. The molecule has 0 fully saturated rings. The molecule has 0 aliphatic heterocycles. The summed E-state index contributed by atoms with van der Waals surface area (Å²) in [6.45, 7) is -0.228. The maximum absolute atomic E-state index is 11.8. The van der Waals surface area contributed by atoms with Gasteiger partial charge in [0.15, 0.2) is 0 Å². The number of hydrogen-bond acceptors (Lipinski definition) is 4. The quantitative estimate of drug-likeness (QED) is 0.793. The summed E-state index contributed by atoms with van der Waals surface area (Å²) in [5, 5.41) is 19.0. The zero-order valence-corrected chi connectivity index (χ0v) is 11.5. The Bertz CT molecular complexity index is 584. The first-order valence-electron chi connectivity index (χ1n) is 5.88. The molecular formula is C12H14ClN5O2. The van der Waals surface area contributed by atoms with Crippen LogP contribution in [0.2, 0.25) is 5.02 Å². The molecule has 0 saturated heterocycles. The zero-order valence-electron chi connectivity index (χ0n) is 10.7. The maximum Gasteiger partial charge on any atom is 0.322 e. The Kier molecular flexibility index (Phi) is 4.54. The lowest BCUT2D eigenvalue weighted by atomic mass is 10.1. The topological polar surface area (TPSA) is 92.1 Å². The van der Waals surface area contributed by atoms with Crippen molar-refractivity contribution < 1.29 is 9.90 Å². The van der Waals surface area contributed by atoms with Crippen LogP contribution in [0.3, 0.4) is 0 Å². The van der Waals surface area contributed by atoms with Gasteiger partial charge < -0.3 is 10.4 Å². The molecule has 3 N–H and O–H groups in total. The molecule has 20 heavy (non-hydrogen) atoms. The van der Waals surface area contributed by atoms with Crippen LogP contribution in [0.25, 0.3) is 0 Å². The summed E-state index contributed by atoms with van der Waals surface area (Å²) in [6, 6.07) is 5.87. The van der Waals surface area contributed by atoms with Crippen LogP contribution in [-0.2, 0) is 7.05 Å². The van der Waals surface area contributed by atoms with E-state index in [0.29, 0.717) is 11.0 Å². The van der Waals surface area contributed by atoms with Gasteiger partial charge in [-0.2, -0.15) is 10.1 Å². The van der Waals surface area contributed by atoms with Crippen LogP contribution in [-0.4, -0.2) is 32.5 Å². The van der Waals surface area contributed by atoms with Crippen LogP contribution in [0.5, 0.6) is 0 Å². The van der Waals surface area contributed by atoms with Gasteiger partial charge in [-0.15, -0.1) is 0 Å². The molecule has 0 bridgehead atoms. The van der Waals surface area contributed by atoms with Crippen LogP contribution < -0.4 is 10.6 Å². The maximum atomic E-state index is 11.8. The van der Waals surface area contributed by atoms with E-state index in [4.69, 9.17) is 11.6 Å². The molecule has 0 spiro atoms. The molecule has 1 aromatic heterocycles. The van der Waals surface area contributed by atoms with Crippen molar-refractivity contribution in [2.45, 2.75) is 6.04 Å². The van der Waals surface area contributed by atoms with E-state index in [9.17, 15) is 9.90 Å². The molecule has 2 amide bonds. The van der Waals surface area contributed by atoms with Gasteiger partial charge in [0, 0.05) is 12.1 Å². The van der Waals surface area contributed by atoms with Crippen LogP contribution in [0.4, 0.5) is 10.7 Å². The van der Waals surface area contributed by atoms with Crippen molar-refractivity contribution in [1.29, 1.82) is 0 Å². The second-order valence-electron chi connectivity index (χ2n) is 4.09. The lowest BCUT2D eigenvalue weighted by molar-refractivity contribution is 0.225. The van der Waals surface area contributed by atoms with E-state index in [1.165, 1.54) is 11.0 Å². The van der Waals surface area contributed by atoms with Crippen LogP contribution >= 0.6 is 11.6 Å². The van der Waals surface area contributed by atoms with Crippen molar-refractivity contribution >= 4 is 23.6 Å². The summed E-state index contributed by atoms with van der Waals surface area (Å²) >= 11 is 5.80. The van der Waals surface area contributed by atoms with E-state index in [1.807, 2.05) is 0 Å². The molecule has 1 unspecified atom stereocenters. The molecule has 2 rings (SSSR count). The summed E-state index contributed by atoms with van der Waals surface area (Å²) < 4.78 is 1.43. The number of nitrogens with zero attached hydrogens (tertiary/aromatic N) is 3. The van der Waals surface area contributed by atoms with Gasteiger partial charge in [-0.05, 0) is 17.7 Å². The molecule has 0 saturated carbocycles. The SMILES string of the molecule is Cn1ncnc1NC(=O)NC(CO)c1ccc(Cl)cc1. The minimum Gasteiger partial charge on any atom is -0.394 e. The summed E-state index contributed by atoms with van der Waals surface area (Å²) in [4.78, 5) is 15.7. The predicted octanol–water partition coefficient (Wildman–Crippen LogP) is 1.32. The zero-order chi connectivity index (χ0) is 14.5. The van der Waals surface area contributed by atoms with Crippen LogP contribution in [0.15, 0.2) is 30.6 Å². The van der Waals surface area contributed by atoms with Gasteiger partial charge in [-0.25, -0.2) is 9.48 Å². The smallest absolute Gasteiger partial charge is 0.322 e. The summed E-state index contributed by atoms with van der Waals surface area (Å²) in [6.07, 6.45) is 1.33. The number of benzene rings is 1. The Hall–Kier alpha value is -2.12. The highest BCUT2D eigenvalue weighted by Gasteiger charge is 2.14. The summed E-state index contributed by atoms with van der Waals surface area (Å²) in [5.41, 5.74) is 0.755. The largest absolute Gasteiger partial charge is 0.394 e. The second-order valence-corrected chi connectivity index (χ2v) is 4.53. The highest BCUT2D eigenvalue weighted by molar-refractivity contribution is 6.30. The molecule has 8 heteroatoms. The van der Waals surface area contributed by atoms with Crippen LogP contribution in [0.1, 0.15) is 11.6 Å². The number of amides is 2. The standard InChI is InChI=1S/C12H14ClN5O2/c1-18-11(14-7-15-18)17-12(20)16-10(6-19)8-2-4-9(13)5-3-8/h2-5,7,10,19H,6H2,1H3,(H2,14,15,16,17,20). The first kappa shape index (κ1) is 14.3. The molecule has 0 aliphatic rings. The molecule has 0 radical (unpaired) electrons. The molecular weight excluding hydrogens is 282 g/mol. The number of aliphatic hydroxyl groups excluding tert-OH is 1. The minimum absolute atomic E-state index is 0.228. The predicted molar refractivity (Wildman–Crippen MR) is 74.4 cm³/mol. The van der Waals surface area contributed by atoms with Gasteiger partial charge in [0.1, 0.15) is 6.33 Å². The summed E-state index contributed by atoms with van der Waals surface area (Å²) in [7, 11) is 1.66. The number of anilines is 1. The van der Waals surface area contributed by atoms with Crippen molar-refractivity contribution in [3.8, 4) is 0 Å². The number of hydrogen-bond donors (Lipinski definition) is 3. The second kappa shape index (κ2) is 6.36. The number of carbonyl (C=O) groups is 1. The fraction of sp³-hybridized carbons (Fsp3) is 0.250. The number of carbonyl (C=O) groups excluding carboxylic acids is 1. The minimum atomic E-state index is -0.527. The van der Waals surface area contributed by atoms with Gasteiger partial charge in [-0.1, -0.05) is 23.7 Å². The number of urea groups is 1. The number of halogens is 1. The monoisotopic (exact) mass is 295 g/mol. The lowest BCUT2D eigenvalue weighted by Crippen LogP contribution is -2.35. The number of aliphatic hydroxyl groups is 1. The average Bonchev–Trinajstić information content (AvgIpc) is 2.83. The fourth-order valence-corrected chi connectivity index (χ4v) is 1.76. The van der Waals surface area contributed by atoms with E-state index in [-0.39, 0.29) is 6.61 Å². The van der Waals surface area contributed by atoms with Gasteiger partial charge in [-0.3, -0.25) is 5.32 Å². The van der Waals surface area contributed by atoms with Crippen LogP contribution in [0, 0.1) is 0 Å². The van der Waals surface area contributed by atoms with Crippen molar-refractivity contribution in [3.05, 3.63) is 41.2 Å². The molecule has 2 aromatic rings. The lowest BCUT2D eigenvalue weighted by Gasteiger charge is -2.17. The molecule has 1 atom stereocenters. The summed E-state index contributed by atoms with van der Waals surface area (Å²) in [5.74, 6) is 0.315. The number of nitrogens with one attached hydrogen (secondary N) is 2. The Balaban J connectivity index is 2.01. The average molecular weight is 296 g/mol. The Morgan fingerprint density at radius 1 is 1.45 bits per heavy atom. The molecule has 1 heterocycles. The van der Waals surface area contributed by atoms with E-state index in [0.717, 1.165) is 5.56 Å². The van der Waals surface area contributed by atoms with E-state index >= 15 is 0 Å². The van der Waals surface area contributed by atoms with E-state index in [2.05, 4.69) is 20.7 Å².